The van der Waals surface area contributed by atoms with Gasteiger partial charge in [0.15, 0.2) is 0 Å². The van der Waals surface area contributed by atoms with Gasteiger partial charge >= 0.3 is 0 Å². The van der Waals surface area contributed by atoms with Crippen molar-refractivity contribution in [3.05, 3.63) is 0 Å². The van der Waals surface area contributed by atoms with Crippen molar-refractivity contribution in [2.45, 2.75) is 52.4 Å². The molecule has 0 amide bonds. The van der Waals surface area contributed by atoms with E-state index in [2.05, 4.69) is 12.2 Å². The molecule has 0 aliphatic carbocycles. The van der Waals surface area contributed by atoms with Gasteiger partial charge in [0.2, 0.25) is 0 Å². The molecule has 0 aromatic rings. The zero-order valence-electron chi connectivity index (χ0n) is 9.34. The molecule has 0 aromatic heterocycles. The van der Waals surface area contributed by atoms with Crippen LogP contribution in [0.3, 0.4) is 0 Å². The Kier molecular flexibility index (Phi) is 17.2. The first-order chi connectivity index (χ1) is 6.35. The van der Waals surface area contributed by atoms with Crippen molar-refractivity contribution in [1.82, 2.24) is 5.32 Å². The van der Waals surface area contributed by atoms with Gasteiger partial charge in [0.25, 0.3) is 0 Å². The number of rotatable bonds is 2. The maximum absolute atomic E-state index is 8.50. The summed E-state index contributed by atoms with van der Waals surface area (Å²) in [7, 11) is 5.03. The van der Waals surface area contributed by atoms with E-state index in [1.54, 1.807) is 0 Å². The fourth-order valence-electron chi connectivity index (χ4n) is 0.913. The number of aliphatic hydroxyl groups excluding tert-OH is 1. The SMILES string of the molecule is CC.OCC1CCCN1.[B]CCC. The van der Waals surface area contributed by atoms with Crippen molar-refractivity contribution in [3.8, 4) is 0 Å². The number of aliphatic hydroxyl groups is 1. The molecule has 1 saturated heterocycles. The van der Waals surface area contributed by atoms with Crippen LogP contribution in [0.2, 0.25) is 6.32 Å². The second-order valence-electron chi connectivity index (χ2n) is 2.76. The molecule has 1 aliphatic rings. The van der Waals surface area contributed by atoms with E-state index in [4.69, 9.17) is 13.0 Å². The molecule has 0 aromatic carbocycles. The lowest BCUT2D eigenvalue weighted by molar-refractivity contribution is 0.255. The molecule has 0 saturated carbocycles. The first-order valence-corrected chi connectivity index (χ1v) is 5.39. The van der Waals surface area contributed by atoms with Crippen LogP contribution in [0.1, 0.15) is 40.0 Å². The number of hydrogen-bond donors (Lipinski definition) is 2. The van der Waals surface area contributed by atoms with Crippen LogP contribution in [0.4, 0.5) is 0 Å². The zero-order valence-corrected chi connectivity index (χ0v) is 9.34. The van der Waals surface area contributed by atoms with Gasteiger partial charge in [-0.1, -0.05) is 33.5 Å². The summed E-state index contributed by atoms with van der Waals surface area (Å²) in [6.45, 7) is 7.45. The van der Waals surface area contributed by atoms with Crippen molar-refractivity contribution in [2.75, 3.05) is 13.2 Å². The predicted octanol–water partition coefficient (Wildman–Crippen LogP) is 1.74. The molecule has 2 nitrogen and oxygen atoms in total. The van der Waals surface area contributed by atoms with Gasteiger partial charge in [-0.15, -0.1) is 0 Å². The Morgan fingerprint density at radius 1 is 1.46 bits per heavy atom. The highest BCUT2D eigenvalue weighted by atomic mass is 16.3. The topological polar surface area (TPSA) is 32.3 Å². The predicted molar refractivity (Wildman–Crippen MR) is 60.3 cm³/mol. The summed E-state index contributed by atoms with van der Waals surface area (Å²) in [5.41, 5.74) is 0. The molecule has 1 aliphatic heterocycles. The molecule has 13 heavy (non-hydrogen) atoms. The van der Waals surface area contributed by atoms with E-state index in [-0.39, 0.29) is 0 Å². The molecule has 3 heteroatoms. The van der Waals surface area contributed by atoms with Crippen LogP contribution in [0.15, 0.2) is 0 Å². The summed E-state index contributed by atoms with van der Waals surface area (Å²) in [5.74, 6) is 0. The van der Waals surface area contributed by atoms with Crippen molar-refractivity contribution >= 4 is 7.85 Å². The van der Waals surface area contributed by atoms with Crippen molar-refractivity contribution < 1.29 is 5.11 Å². The van der Waals surface area contributed by atoms with Gasteiger partial charge in [-0.3, -0.25) is 0 Å². The summed E-state index contributed by atoms with van der Waals surface area (Å²) in [4.78, 5) is 0. The maximum atomic E-state index is 8.50. The third-order valence-corrected chi connectivity index (χ3v) is 1.67. The van der Waals surface area contributed by atoms with E-state index in [0.717, 1.165) is 25.7 Å². The summed E-state index contributed by atoms with van der Waals surface area (Å²) >= 11 is 0. The maximum Gasteiger partial charge on any atom is 0.0652 e. The Hall–Kier alpha value is -0.0151. The van der Waals surface area contributed by atoms with E-state index in [1.165, 1.54) is 6.42 Å². The van der Waals surface area contributed by atoms with Gasteiger partial charge < -0.3 is 10.4 Å². The molecule has 0 bridgehead atoms. The van der Waals surface area contributed by atoms with E-state index in [1.807, 2.05) is 13.8 Å². The third kappa shape index (κ3) is 12.0. The molecule has 1 fully saturated rings. The van der Waals surface area contributed by atoms with Gasteiger partial charge in [-0.05, 0) is 19.4 Å². The summed E-state index contributed by atoms with van der Waals surface area (Å²) in [5, 5.41) is 11.7. The molecule has 1 unspecified atom stereocenters. The molecule has 1 atom stereocenters. The van der Waals surface area contributed by atoms with E-state index >= 15 is 0 Å². The lowest BCUT2D eigenvalue weighted by atomic mass is 10.0. The second kappa shape index (κ2) is 14.5. The Morgan fingerprint density at radius 3 is 2.15 bits per heavy atom. The summed E-state index contributed by atoms with van der Waals surface area (Å²) < 4.78 is 0. The molecular formula is C10H24BNO. The zero-order chi connectivity index (χ0) is 10.5. The van der Waals surface area contributed by atoms with Gasteiger partial charge in [0, 0.05) is 6.04 Å². The normalized spacial score (nSPS) is 19.5. The fourth-order valence-corrected chi connectivity index (χ4v) is 0.913. The molecule has 0 spiro atoms. The smallest absolute Gasteiger partial charge is 0.0652 e. The van der Waals surface area contributed by atoms with Crippen LogP contribution in [0.5, 0.6) is 0 Å². The molecule has 2 N–H and O–H groups in total. The number of hydrogen-bond acceptors (Lipinski definition) is 2. The molecule has 78 valence electrons. The Balaban J connectivity index is 0. The minimum Gasteiger partial charge on any atom is -0.395 e. The average molecular weight is 185 g/mol. The van der Waals surface area contributed by atoms with Crippen LogP contribution >= 0.6 is 0 Å². The van der Waals surface area contributed by atoms with E-state index < -0.39 is 0 Å². The lowest BCUT2D eigenvalue weighted by Crippen LogP contribution is -2.24. The highest BCUT2D eigenvalue weighted by Gasteiger charge is 2.10. The van der Waals surface area contributed by atoms with Crippen LogP contribution in [0.25, 0.3) is 0 Å². The molecule has 1 rings (SSSR count). The van der Waals surface area contributed by atoms with Gasteiger partial charge in [0.05, 0.1) is 14.5 Å². The highest BCUT2D eigenvalue weighted by Crippen LogP contribution is 2.02. The first-order valence-electron chi connectivity index (χ1n) is 5.39. The molecule has 1 heterocycles. The highest BCUT2D eigenvalue weighted by molar-refractivity contribution is 6.08. The van der Waals surface area contributed by atoms with Crippen molar-refractivity contribution in [2.24, 2.45) is 0 Å². The van der Waals surface area contributed by atoms with Crippen LogP contribution in [-0.4, -0.2) is 32.1 Å². The Morgan fingerprint density at radius 2 is 2.00 bits per heavy atom. The van der Waals surface area contributed by atoms with E-state index in [9.17, 15) is 0 Å². The minimum atomic E-state index is 0.306. The van der Waals surface area contributed by atoms with Gasteiger partial charge in [-0.2, -0.15) is 0 Å². The fraction of sp³-hybridized carbons (Fsp3) is 1.00. The third-order valence-electron chi connectivity index (χ3n) is 1.67. The van der Waals surface area contributed by atoms with Crippen molar-refractivity contribution in [3.63, 3.8) is 0 Å². The Labute approximate surface area is 84.5 Å². The largest absolute Gasteiger partial charge is 0.395 e. The molecule has 2 radical (unpaired) electrons. The van der Waals surface area contributed by atoms with Gasteiger partial charge in [0.1, 0.15) is 0 Å². The minimum absolute atomic E-state index is 0.306. The molecular weight excluding hydrogens is 161 g/mol. The lowest BCUT2D eigenvalue weighted by Gasteiger charge is -2.01. The summed E-state index contributed by atoms with van der Waals surface area (Å²) in [6.07, 6.45) is 4.29. The van der Waals surface area contributed by atoms with Gasteiger partial charge in [-0.25, -0.2) is 0 Å². The first kappa shape index (κ1) is 15.5. The quantitative estimate of drug-likeness (QED) is 0.642. The standard InChI is InChI=1S/C5H11NO.C3H7B.C2H6/c7-4-5-2-1-3-6-5;1-2-3-4;1-2/h5-7H,1-4H2;2-3H2,1H3;1-2H3. The van der Waals surface area contributed by atoms with Crippen LogP contribution in [0, 0.1) is 0 Å². The monoisotopic (exact) mass is 185 g/mol. The van der Waals surface area contributed by atoms with Crippen molar-refractivity contribution in [1.29, 1.82) is 0 Å². The Bertz CT molecular complexity index is 73.3. The van der Waals surface area contributed by atoms with E-state index in [0.29, 0.717) is 12.6 Å². The van der Waals surface area contributed by atoms with Crippen LogP contribution < -0.4 is 5.32 Å². The van der Waals surface area contributed by atoms with Crippen LogP contribution in [-0.2, 0) is 0 Å². The summed E-state index contributed by atoms with van der Waals surface area (Å²) in [6, 6.07) is 0.403. The average Bonchev–Trinajstić information content (AvgIpc) is 2.74. The second-order valence-corrected chi connectivity index (χ2v) is 2.76. The number of nitrogens with one attached hydrogen (secondary N) is 1.